The van der Waals surface area contributed by atoms with Crippen LogP contribution in [0.1, 0.15) is 12.8 Å². The summed E-state index contributed by atoms with van der Waals surface area (Å²) in [7, 11) is -3.13. The van der Waals surface area contributed by atoms with Gasteiger partial charge >= 0.3 is 5.97 Å². The Bertz CT molecular complexity index is 400. The summed E-state index contributed by atoms with van der Waals surface area (Å²) in [5.41, 5.74) is 0. The maximum Gasteiger partial charge on any atom is 0.310 e. The first kappa shape index (κ1) is 10.6. The molecule has 0 aromatic heterocycles. The Morgan fingerprint density at radius 3 is 2.60 bits per heavy atom. The predicted molar refractivity (Wildman–Crippen MR) is 53.8 cm³/mol. The van der Waals surface area contributed by atoms with Crippen LogP contribution in [0.3, 0.4) is 0 Å². The lowest BCUT2D eigenvalue weighted by atomic mass is 10.1. The third-order valence-corrected chi connectivity index (χ3v) is 4.86. The van der Waals surface area contributed by atoms with Gasteiger partial charge in [-0.2, -0.15) is 4.31 Å². The summed E-state index contributed by atoms with van der Waals surface area (Å²) in [6, 6.07) is -0.251. The number of carbonyl (C=O) groups is 1. The van der Waals surface area contributed by atoms with E-state index in [-0.39, 0.29) is 11.8 Å². The lowest BCUT2D eigenvalue weighted by molar-refractivity contribution is -0.140. The van der Waals surface area contributed by atoms with Crippen LogP contribution in [-0.2, 0) is 14.8 Å². The van der Waals surface area contributed by atoms with Crippen LogP contribution in [0, 0.1) is 5.92 Å². The van der Waals surface area contributed by atoms with Crippen molar-refractivity contribution in [2.24, 2.45) is 5.92 Å². The molecule has 2 atom stereocenters. The summed E-state index contributed by atoms with van der Waals surface area (Å²) in [6.45, 7) is 0.518. The van der Waals surface area contributed by atoms with Crippen LogP contribution in [0.15, 0.2) is 12.2 Å². The van der Waals surface area contributed by atoms with Crippen molar-refractivity contribution in [3.8, 4) is 0 Å². The van der Waals surface area contributed by atoms with Crippen molar-refractivity contribution >= 4 is 16.0 Å². The normalized spacial score (nSPS) is 34.7. The van der Waals surface area contributed by atoms with E-state index in [0.29, 0.717) is 19.4 Å². The fourth-order valence-electron chi connectivity index (χ4n) is 2.11. The SMILES string of the molecule is O=C(O)C1C=CC(N2CCCS2(=O)=O)C1. The quantitative estimate of drug-likeness (QED) is 0.681. The second-order valence-electron chi connectivity index (χ2n) is 3.91. The Hall–Kier alpha value is -0.880. The largest absolute Gasteiger partial charge is 0.481 e. The van der Waals surface area contributed by atoms with E-state index in [1.807, 2.05) is 0 Å². The van der Waals surface area contributed by atoms with Gasteiger partial charge in [-0.3, -0.25) is 4.79 Å². The predicted octanol–water partition coefficient (Wildman–Crippen LogP) is 0.0512. The van der Waals surface area contributed by atoms with Crippen LogP contribution < -0.4 is 0 Å². The van der Waals surface area contributed by atoms with Crippen molar-refractivity contribution in [3.05, 3.63) is 12.2 Å². The Labute approximate surface area is 88.4 Å². The lowest BCUT2D eigenvalue weighted by Crippen LogP contribution is -2.35. The number of aliphatic carboxylic acids is 1. The van der Waals surface area contributed by atoms with Crippen molar-refractivity contribution in [1.29, 1.82) is 0 Å². The smallest absolute Gasteiger partial charge is 0.310 e. The second-order valence-corrected chi connectivity index (χ2v) is 5.95. The minimum Gasteiger partial charge on any atom is -0.481 e. The molecule has 0 aromatic carbocycles. The molecule has 2 rings (SSSR count). The molecule has 1 aliphatic heterocycles. The minimum atomic E-state index is -3.13. The molecule has 0 amide bonds. The van der Waals surface area contributed by atoms with Crippen LogP contribution in [0.5, 0.6) is 0 Å². The third kappa shape index (κ3) is 1.91. The molecule has 1 N–H and O–H groups in total. The summed E-state index contributed by atoms with van der Waals surface area (Å²) in [6.07, 6.45) is 4.29. The standard InChI is InChI=1S/C9H13NO4S/c11-9(12)7-2-3-8(6-7)10-4-1-5-15(10,13)14/h2-3,7-8H,1,4-6H2,(H,11,12). The summed E-state index contributed by atoms with van der Waals surface area (Å²) >= 11 is 0. The van der Waals surface area contributed by atoms with Crippen molar-refractivity contribution in [1.82, 2.24) is 4.31 Å². The van der Waals surface area contributed by atoms with Gasteiger partial charge in [0.2, 0.25) is 10.0 Å². The number of carboxylic acid groups (broad SMARTS) is 1. The maximum atomic E-state index is 11.6. The first-order valence-electron chi connectivity index (χ1n) is 4.91. The molecule has 2 unspecified atom stereocenters. The molecule has 2 aliphatic rings. The molecule has 0 radical (unpaired) electrons. The Kier molecular flexibility index (Phi) is 2.56. The maximum absolute atomic E-state index is 11.6. The Morgan fingerprint density at radius 2 is 2.13 bits per heavy atom. The van der Waals surface area contributed by atoms with Gasteiger partial charge in [-0.25, -0.2) is 8.42 Å². The van der Waals surface area contributed by atoms with E-state index >= 15 is 0 Å². The molecule has 1 heterocycles. The van der Waals surface area contributed by atoms with Crippen molar-refractivity contribution < 1.29 is 18.3 Å². The van der Waals surface area contributed by atoms with Gasteiger partial charge in [0, 0.05) is 12.6 Å². The molecule has 1 saturated heterocycles. The zero-order valence-electron chi connectivity index (χ0n) is 8.17. The topological polar surface area (TPSA) is 74.7 Å². The Morgan fingerprint density at radius 1 is 1.40 bits per heavy atom. The number of rotatable bonds is 2. The molecule has 5 nitrogen and oxygen atoms in total. The van der Waals surface area contributed by atoms with E-state index in [2.05, 4.69) is 0 Å². The molecule has 0 aromatic rings. The monoisotopic (exact) mass is 231 g/mol. The van der Waals surface area contributed by atoms with Gasteiger partial charge in [0.15, 0.2) is 0 Å². The average molecular weight is 231 g/mol. The van der Waals surface area contributed by atoms with Crippen molar-refractivity contribution in [3.63, 3.8) is 0 Å². The minimum absolute atomic E-state index is 0.190. The highest BCUT2D eigenvalue weighted by atomic mass is 32.2. The van der Waals surface area contributed by atoms with Crippen molar-refractivity contribution in [2.75, 3.05) is 12.3 Å². The van der Waals surface area contributed by atoms with E-state index in [0.717, 1.165) is 0 Å². The van der Waals surface area contributed by atoms with Crippen LogP contribution in [0.4, 0.5) is 0 Å². The first-order chi connectivity index (χ1) is 7.00. The summed E-state index contributed by atoms with van der Waals surface area (Å²) < 4.78 is 24.6. The van der Waals surface area contributed by atoms with Gasteiger partial charge in [-0.15, -0.1) is 0 Å². The van der Waals surface area contributed by atoms with E-state index in [1.165, 1.54) is 4.31 Å². The highest BCUT2D eigenvalue weighted by Crippen LogP contribution is 2.27. The van der Waals surface area contributed by atoms with Gasteiger partial charge < -0.3 is 5.11 Å². The van der Waals surface area contributed by atoms with E-state index < -0.39 is 21.9 Å². The van der Waals surface area contributed by atoms with Crippen LogP contribution in [0.25, 0.3) is 0 Å². The van der Waals surface area contributed by atoms with Gasteiger partial charge in [0.05, 0.1) is 11.7 Å². The number of hydrogen-bond donors (Lipinski definition) is 1. The molecule has 15 heavy (non-hydrogen) atoms. The van der Waals surface area contributed by atoms with Gasteiger partial charge in [-0.05, 0) is 12.8 Å². The Balaban J connectivity index is 2.10. The molecule has 1 fully saturated rings. The summed E-state index contributed by atoms with van der Waals surface area (Å²) in [5.74, 6) is -1.23. The molecule has 84 valence electrons. The summed E-state index contributed by atoms with van der Waals surface area (Å²) in [4.78, 5) is 10.7. The highest BCUT2D eigenvalue weighted by Gasteiger charge is 2.37. The van der Waals surface area contributed by atoms with E-state index in [4.69, 9.17) is 5.11 Å². The van der Waals surface area contributed by atoms with Gasteiger partial charge in [0.1, 0.15) is 0 Å². The molecule has 6 heteroatoms. The molecule has 0 bridgehead atoms. The molecule has 0 spiro atoms. The number of sulfonamides is 1. The number of nitrogens with zero attached hydrogens (tertiary/aromatic N) is 1. The van der Waals surface area contributed by atoms with Crippen LogP contribution >= 0.6 is 0 Å². The van der Waals surface area contributed by atoms with Crippen LogP contribution in [0.2, 0.25) is 0 Å². The first-order valence-corrected chi connectivity index (χ1v) is 6.52. The molecule has 0 saturated carbocycles. The van der Waals surface area contributed by atoms with E-state index in [1.54, 1.807) is 12.2 Å². The zero-order valence-corrected chi connectivity index (χ0v) is 8.98. The molecular weight excluding hydrogens is 218 g/mol. The number of carboxylic acids is 1. The second kappa shape index (κ2) is 3.61. The van der Waals surface area contributed by atoms with Gasteiger partial charge in [0.25, 0.3) is 0 Å². The summed E-state index contributed by atoms with van der Waals surface area (Å²) in [5, 5.41) is 8.78. The lowest BCUT2D eigenvalue weighted by Gasteiger charge is -2.21. The molecule has 1 aliphatic carbocycles. The fraction of sp³-hybridized carbons (Fsp3) is 0.667. The van der Waals surface area contributed by atoms with Crippen LogP contribution in [-0.4, -0.2) is 42.1 Å². The van der Waals surface area contributed by atoms with Crippen molar-refractivity contribution in [2.45, 2.75) is 18.9 Å². The fourth-order valence-corrected chi connectivity index (χ4v) is 3.81. The average Bonchev–Trinajstić information content (AvgIpc) is 2.69. The highest BCUT2D eigenvalue weighted by molar-refractivity contribution is 7.89. The number of hydrogen-bond acceptors (Lipinski definition) is 3. The van der Waals surface area contributed by atoms with Gasteiger partial charge in [-0.1, -0.05) is 12.2 Å². The van der Waals surface area contributed by atoms with E-state index in [9.17, 15) is 13.2 Å². The zero-order chi connectivity index (χ0) is 11.1. The molecular formula is C9H13NO4S. The third-order valence-electron chi connectivity index (χ3n) is 2.89.